The van der Waals surface area contributed by atoms with Gasteiger partial charge in [-0.1, -0.05) is 105 Å². The van der Waals surface area contributed by atoms with Crippen LogP contribution in [0.1, 0.15) is 25.6 Å². The van der Waals surface area contributed by atoms with E-state index in [2.05, 4.69) is 142 Å². The number of nitrogens with zero attached hydrogens (tertiary/aromatic N) is 4. The molecule has 0 amide bonds. The summed E-state index contributed by atoms with van der Waals surface area (Å²) in [4.78, 5) is 13.9. The summed E-state index contributed by atoms with van der Waals surface area (Å²) in [6.45, 7) is 4.00. The number of anilines is 1. The summed E-state index contributed by atoms with van der Waals surface area (Å²) in [5, 5.41) is 6.12. The van der Waals surface area contributed by atoms with Gasteiger partial charge in [0, 0.05) is 26.8 Å². The van der Waals surface area contributed by atoms with Gasteiger partial charge in [-0.25, -0.2) is 9.97 Å². The Kier molecular flexibility index (Phi) is 6.32. The Bertz CT molecular complexity index is 2160. The van der Waals surface area contributed by atoms with Crippen LogP contribution in [0.15, 0.2) is 127 Å². The van der Waals surface area contributed by atoms with Crippen molar-refractivity contribution in [1.82, 2.24) is 19.9 Å². The first-order valence-electron chi connectivity index (χ1n) is 15.0. The number of allylic oxidation sites excluding steroid dienone is 2. The van der Waals surface area contributed by atoms with Crippen LogP contribution in [-0.2, 0) is 0 Å². The highest BCUT2D eigenvalue weighted by molar-refractivity contribution is 7.25. The molecule has 1 aliphatic carbocycles. The van der Waals surface area contributed by atoms with Crippen LogP contribution >= 0.6 is 11.3 Å². The molecule has 0 saturated carbocycles. The molecule has 0 bridgehead atoms. The van der Waals surface area contributed by atoms with Crippen molar-refractivity contribution in [2.75, 3.05) is 4.90 Å². The first-order chi connectivity index (χ1) is 21.3. The summed E-state index contributed by atoms with van der Waals surface area (Å²) in [6.07, 6.45) is 8.95. The van der Waals surface area contributed by atoms with Crippen LogP contribution in [0.3, 0.4) is 0 Å². The van der Waals surface area contributed by atoms with E-state index in [1.54, 1.807) is 11.3 Å². The summed E-state index contributed by atoms with van der Waals surface area (Å²) < 4.78 is 3.48. The molecule has 210 valence electrons. The molecule has 1 saturated heterocycles. The van der Waals surface area contributed by atoms with Crippen molar-refractivity contribution in [3.8, 4) is 5.69 Å². The van der Waals surface area contributed by atoms with Crippen LogP contribution in [0.5, 0.6) is 0 Å². The number of nitrogens with one attached hydrogen (secondary N) is 1. The topological polar surface area (TPSA) is 46.0 Å². The molecule has 7 aromatic rings. The Balaban J connectivity index is 0.00000136. The number of hydrogen-bond donors (Lipinski definition) is 1. The molecular formula is C37H31N5S. The average molecular weight is 578 g/mol. The Hall–Kier alpha value is -4.78. The highest BCUT2D eigenvalue weighted by atomic mass is 32.1. The molecule has 3 unspecified atom stereocenters. The highest BCUT2D eigenvalue weighted by Gasteiger charge is 2.39. The predicted octanol–water partition coefficient (Wildman–Crippen LogP) is 8.94. The lowest BCUT2D eigenvalue weighted by Gasteiger charge is -2.31. The summed E-state index contributed by atoms with van der Waals surface area (Å²) in [5.41, 5.74) is 7.43. The Labute approximate surface area is 254 Å². The fourth-order valence-electron chi connectivity index (χ4n) is 6.53. The molecule has 3 aromatic heterocycles. The summed E-state index contributed by atoms with van der Waals surface area (Å²) in [6, 6.07) is 37.1. The van der Waals surface area contributed by atoms with Crippen molar-refractivity contribution in [2.24, 2.45) is 0 Å². The van der Waals surface area contributed by atoms with Gasteiger partial charge in [-0.2, -0.15) is 0 Å². The average Bonchev–Trinajstić information content (AvgIpc) is 3.75. The van der Waals surface area contributed by atoms with Crippen LogP contribution in [0.25, 0.3) is 48.2 Å². The van der Waals surface area contributed by atoms with Crippen molar-refractivity contribution in [2.45, 2.75) is 32.1 Å². The molecule has 4 aromatic carbocycles. The molecule has 0 radical (unpaired) electrons. The zero-order valence-electron chi connectivity index (χ0n) is 24.1. The number of fused-ring (bicyclic) bond motifs is 7. The molecule has 6 heteroatoms. The number of aromatic nitrogens is 3. The van der Waals surface area contributed by atoms with E-state index in [0.717, 1.165) is 43.5 Å². The fraction of sp³-hybridized carbons (Fsp3) is 0.135. The molecule has 4 heterocycles. The first-order valence-corrected chi connectivity index (χ1v) is 15.8. The van der Waals surface area contributed by atoms with E-state index >= 15 is 0 Å². The minimum absolute atomic E-state index is 0.0868. The van der Waals surface area contributed by atoms with Crippen LogP contribution in [0, 0.1) is 0 Å². The van der Waals surface area contributed by atoms with Gasteiger partial charge in [-0.3, -0.25) is 9.88 Å². The van der Waals surface area contributed by atoms with Gasteiger partial charge in [0.2, 0.25) is 0 Å². The largest absolute Gasteiger partial charge is 0.343 e. The Morgan fingerprint density at radius 2 is 1.37 bits per heavy atom. The lowest BCUT2D eigenvalue weighted by atomic mass is 10.0. The Morgan fingerprint density at radius 1 is 0.674 bits per heavy atom. The molecule has 2 aliphatic rings. The molecule has 1 fully saturated rings. The van der Waals surface area contributed by atoms with E-state index in [0.29, 0.717) is 0 Å². The van der Waals surface area contributed by atoms with E-state index < -0.39 is 0 Å². The second-order valence-corrected chi connectivity index (χ2v) is 11.7. The lowest BCUT2D eigenvalue weighted by Crippen LogP contribution is -2.35. The number of thiophene rings is 1. The van der Waals surface area contributed by atoms with Gasteiger partial charge >= 0.3 is 0 Å². The second kappa shape index (κ2) is 10.5. The van der Waals surface area contributed by atoms with Crippen molar-refractivity contribution in [3.63, 3.8) is 0 Å². The SMILES string of the molecule is C1=CC2NC(c3ccccc3)N(c3ccc(-n4c5ccccc5c5nc6sc7ccccc7c6nc54)cc3)C2C=C1.CC. The monoisotopic (exact) mass is 577 g/mol. The summed E-state index contributed by atoms with van der Waals surface area (Å²) in [5.74, 6) is 0. The first kappa shape index (κ1) is 25.9. The van der Waals surface area contributed by atoms with E-state index in [1.807, 2.05) is 13.8 Å². The van der Waals surface area contributed by atoms with Gasteiger partial charge in [-0.15, -0.1) is 11.3 Å². The van der Waals surface area contributed by atoms with Crippen LogP contribution in [0.4, 0.5) is 5.69 Å². The number of hydrogen-bond acceptors (Lipinski definition) is 5. The molecule has 9 rings (SSSR count). The van der Waals surface area contributed by atoms with Gasteiger partial charge in [0.15, 0.2) is 5.65 Å². The van der Waals surface area contributed by atoms with Crippen LogP contribution < -0.4 is 10.2 Å². The van der Waals surface area contributed by atoms with Crippen molar-refractivity contribution >= 4 is 59.5 Å². The van der Waals surface area contributed by atoms with Crippen molar-refractivity contribution in [1.29, 1.82) is 0 Å². The summed E-state index contributed by atoms with van der Waals surface area (Å²) >= 11 is 1.71. The van der Waals surface area contributed by atoms with Gasteiger partial charge in [0.05, 0.1) is 17.6 Å². The van der Waals surface area contributed by atoms with Gasteiger partial charge in [-0.05, 0) is 42.0 Å². The zero-order chi connectivity index (χ0) is 28.9. The quantitative estimate of drug-likeness (QED) is 0.228. The molecule has 3 atom stereocenters. The van der Waals surface area contributed by atoms with Crippen molar-refractivity contribution in [3.05, 3.63) is 133 Å². The van der Waals surface area contributed by atoms with E-state index in [9.17, 15) is 0 Å². The third kappa shape index (κ3) is 4.09. The maximum atomic E-state index is 5.26. The van der Waals surface area contributed by atoms with E-state index in [-0.39, 0.29) is 18.2 Å². The predicted molar refractivity (Wildman–Crippen MR) is 181 cm³/mol. The van der Waals surface area contributed by atoms with E-state index in [4.69, 9.17) is 9.97 Å². The summed E-state index contributed by atoms with van der Waals surface area (Å²) in [7, 11) is 0. The smallest absolute Gasteiger partial charge is 0.165 e. The number of para-hydroxylation sites is 1. The molecule has 43 heavy (non-hydrogen) atoms. The molecule has 5 nitrogen and oxygen atoms in total. The lowest BCUT2D eigenvalue weighted by molar-refractivity contribution is 0.610. The highest BCUT2D eigenvalue weighted by Crippen LogP contribution is 2.39. The molecule has 1 aliphatic heterocycles. The van der Waals surface area contributed by atoms with Crippen molar-refractivity contribution < 1.29 is 0 Å². The maximum absolute atomic E-state index is 5.26. The minimum Gasteiger partial charge on any atom is -0.343 e. The van der Waals surface area contributed by atoms with Gasteiger partial charge in [0.1, 0.15) is 22.0 Å². The number of benzene rings is 4. The minimum atomic E-state index is 0.0868. The second-order valence-electron chi connectivity index (χ2n) is 10.7. The number of rotatable bonds is 3. The third-order valence-corrected chi connectivity index (χ3v) is 9.44. The standard InChI is InChI=1S/C35H25N5S.C2H6/c1-2-10-22(11-3-1)33-36-27-14-6-8-16-29(27)40(33)24-20-18-23(19-21-24)39-28-15-7-4-12-25(28)31-34(39)37-32-26-13-5-9-17-30(26)41-35(32)38-31;1-2/h1-21,27,29,33,36H;1-2H3. The maximum Gasteiger partial charge on any atom is 0.165 e. The molecule has 1 N–H and O–H groups in total. The van der Waals surface area contributed by atoms with Crippen LogP contribution in [-0.4, -0.2) is 26.6 Å². The fourth-order valence-corrected chi connectivity index (χ4v) is 7.55. The molecule has 0 spiro atoms. The Morgan fingerprint density at radius 3 is 2.21 bits per heavy atom. The molecular weight excluding hydrogens is 547 g/mol. The van der Waals surface area contributed by atoms with Gasteiger partial charge in [0.25, 0.3) is 0 Å². The van der Waals surface area contributed by atoms with E-state index in [1.165, 1.54) is 16.0 Å². The zero-order valence-corrected chi connectivity index (χ0v) is 24.9. The normalized spacial score (nSPS) is 19.3. The van der Waals surface area contributed by atoms with Crippen LogP contribution in [0.2, 0.25) is 0 Å². The third-order valence-electron chi connectivity index (χ3n) is 8.38. The van der Waals surface area contributed by atoms with Gasteiger partial charge < -0.3 is 4.90 Å².